The molecule has 2 rings (SSSR count). The van der Waals surface area contributed by atoms with Crippen molar-refractivity contribution in [3.05, 3.63) is 29.3 Å². The lowest BCUT2D eigenvalue weighted by Crippen LogP contribution is -2.55. The van der Waals surface area contributed by atoms with Crippen LogP contribution >= 0.6 is 0 Å². The lowest BCUT2D eigenvalue weighted by Gasteiger charge is -2.36. The van der Waals surface area contributed by atoms with Gasteiger partial charge in [0, 0.05) is 18.8 Å². The minimum Gasteiger partial charge on any atom is -0.465 e. The van der Waals surface area contributed by atoms with E-state index in [0.29, 0.717) is 13.2 Å². The van der Waals surface area contributed by atoms with Gasteiger partial charge in [0.05, 0.1) is 6.61 Å². The third kappa shape index (κ3) is 3.12. The largest absolute Gasteiger partial charge is 0.465 e. The van der Waals surface area contributed by atoms with Gasteiger partial charge >= 0.3 is 5.97 Å². The Bertz CT molecular complexity index is 497. The van der Waals surface area contributed by atoms with Gasteiger partial charge in [0.15, 0.2) is 0 Å². The third-order valence-corrected chi connectivity index (χ3v) is 3.71. The minimum atomic E-state index is -0.977. The van der Waals surface area contributed by atoms with Crippen LogP contribution < -0.4 is 10.6 Å². The Morgan fingerprint density at radius 3 is 2.95 bits per heavy atom. The predicted octanol–water partition coefficient (Wildman–Crippen LogP) is 2.03. The molecule has 0 aliphatic carbocycles. The lowest BCUT2D eigenvalue weighted by molar-refractivity contribution is -0.148. The second-order valence-electron chi connectivity index (χ2n) is 5.80. The topological polar surface area (TPSA) is 55.6 Å². The molecule has 0 amide bonds. The monoisotopic (exact) mass is 276 g/mol. The van der Waals surface area contributed by atoms with E-state index >= 15 is 0 Å². The van der Waals surface area contributed by atoms with Gasteiger partial charge < -0.3 is 15.4 Å². The first kappa shape index (κ1) is 14.9. The fourth-order valence-electron chi connectivity index (χ4n) is 2.73. The Labute approximate surface area is 120 Å². The molecule has 1 aliphatic rings. The maximum atomic E-state index is 11.9. The van der Waals surface area contributed by atoms with Gasteiger partial charge in [0.25, 0.3) is 0 Å². The van der Waals surface area contributed by atoms with Crippen molar-refractivity contribution in [2.45, 2.75) is 39.2 Å². The molecular weight excluding hydrogens is 252 g/mol. The van der Waals surface area contributed by atoms with Crippen molar-refractivity contribution >= 4 is 11.7 Å². The van der Waals surface area contributed by atoms with Crippen LogP contribution in [0, 0.1) is 6.92 Å². The Kier molecular flexibility index (Phi) is 4.33. The van der Waals surface area contributed by atoms with Gasteiger partial charge in [-0.05, 0) is 45.2 Å². The second-order valence-corrected chi connectivity index (χ2v) is 5.80. The molecule has 0 bridgehead atoms. The number of carbonyl (C=O) groups excluding carboxylic acids is 1. The van der Waals surface area contributed by atoms with E-state index in [9.17, 15) is 4.79 Å². The number of hydrogen-bond acceptors (Lipinski definition) is 4. The molecule has 1 aliphatic heterocycles. The van der Waals surface area contributed by atoms with E-state index in [1.807, 2.05) is 0 Å². The molecule has 0 fully saturated rings. The normalized spacial score (nSPS) is 17.3. The Hall–Kier alpha value is -1.55. The van der Waals surface area contributed by atoms with E-state index in [1.54, 1.807) is 13.8 Å². The molecule has 1 aromatic carbocycles. The van der Waals surface area contributed by atoms with E-state index < -0.39 is 5.54 Å². The van der Waals surface area contributed by atoms with Crippen LogP contribution in [0.5, 0.6) is 0 Å². The summed E-state index contributed by atoms with van der Waals surface area (Å²) in [6, 6.07) is 6.46. The number of nitrogens with two attached hydrogens (primary N) is 1. The van der Waals surface area contributed by atoms with Crippen LogP contribution in [0.25, 0.3) is 0 Å². The Morgan fingerprint density at radius 2 is 2.25 bits per heavy atom. The maximum Gasteiger partial charge on any atom is 0.327 e. The van der Waals surface area contributed by atoms with Crippen molar-refractivity contribution in [1.82, 2.24) is 0 Å². The predicted molar refractivity (Wildman–Crippen MR) is 80.9 cm³/mol. The summed E-state index contributed by atoms with van der Waals surface area (Å²) in [6.07, 6.45) is 2.18. The van der Waals surface area contributed by atoms with Crippen molar-refractivity contribution in [3.63, 3.8) is 0 Å². The molecule has 4 nitrogen and oxygen atoms in total. The number of ether oxygens (including phenoxy) is 1. The van der Waals surface area contributed by atoms with Crippen LogP contribution in [-0.4, -0.2) is 31.2 Å². The summed E-state index contributed by atoms with van der Waals surface area (Å²) in [5.41, 5.74) is 8.98. The fourth-order valence-corrected chi connectivity index (χ4v) is 2.73. The summed E-state index contributed by atoms with van der Waals surface area (Å²) < 4.78 is 5.06. The standard InChI is InChI=1S/C16H24N2O2/c1-4-20-15(19)16(3,17)11-18-9-5-6-13-10-12(2)7-8-14(13)18/h7-8,10H,4-6,9,11,17H2,1-3H3. The van der Waals surface area contributed by atoms with Crippen molar-refractivity contribution in [1.29, 1.82) is 0 Å². The number of anilines is 1. The highest BCUT2D eigenvalue weighted by atomic mass is 16.5. The van der Waals surface area contributed by atoms with Crippen LogP contribution in [-0.2, 0) is 16.0 Å². The number of nitrogens with zero attached hydrogens (tertiary/aromatic N) is 1. The molecule has 0 saturated heterocycles. The van der Waals surface area contributed by atoms with E-state index in [0.717, 1.165) is 19.4 Å². The Balaban J connectivity index is 2.17. The number of carbonyl (C=O) groups is 1. The van der Waals surface area contributed by atoms with Crippen LogP contribution in [0.4, 0.5) is 5.69 Å². The van der Waals surface area contributed by atoms with Gasteiger partial charge in [0.1, 0.15) is 5.54 Å². The number of esters is 1. The molecule has 20 heavy (non-hydrogen) atoms. The molecular formula is C16H24N2O2. The summed E-state index contributed by atoms with van der Waals surface area (Å²) in [7, 11) is 0. The average molecular weight is 276 g/mol. The molecule has 1 heterocycles. The molecule has 0 aromatic heterocycles. The molecule has 1 aromatic rings. The second kappa shape index (κ2) is 5.83. The van der Waals surface area contributed by atoms with Crippen LogP contribution in [0.2, 0.25) is 0 Å². The first-order chi connectivity index (χ1) is 9.44. The van der Waals surface area contributed by atoms with Gasteiger partial charge in [-0.15, -0.1) is 0 Å². The van der Waals surface area contributed by atoms with Crippen molar-refractivity contribution < 1.29 is 9.53 Å². The van der Waals surface area contributed by atoms with Crippen LogP contribution in [0.1, 0.15) is 31.4 Å². The number of benzene rings is 1. The van der Waals surface area contributed by atoms with E-state index in [-0.39, 0.29) is 5.97 Å². The van der Waals surface area contributed by atoms with E-state index in [2.05, 4.69) is 30.0 Å². The van der Waals surface area contributed by atoms with Crippen molar-refractivity contribution in [2.24, 2.45) is 5.73 Å². The van der Waals surface area contributed by atoms with Gasteiger partial charge in [-0.3, -0.25) is 0 Å². The molecule has 1 unspecified atom stereocenters. The zero-order chi connectivity index (χ0) is 14.8. The molecule has 0 spiro atoms. The van der Waals surface area contributed by atoms with Crippen molar-refractivity contribution in [2.75, 3.05) is 24.6 Å². The molecule has 1 atom stereocenters. The summed E-state index contributed by atoms with van der Waals surface area (Å²) in [6.45, 7) is 7.43. The molecule has 0 saturated carbocycles. The number of fused-ring (bicyclic) bond motifs is 1. The summed E-state index contributed by atoms with van der Waals surface area (Å²) in [5, 5.41) is 0. The third-order valence-electron chi connectivity index (χ3n) is 3.71. The smallest absolute Gasteiger partial charge is 0.327 e. The van der Waals surface area contributed by atoms with E-state index in [4.69, 9.17) is 10.5 Å². The van der Waals surface area contributed by atoms with Crippen LogP contribution in [0.15, 0.2) is 18.2 Å². The summed E-state index contributed by atoms with van der Waals surface area (Å²) in [4.78, 5) is 14.1. The average Bonchev–Trinajstić information content (AvgIpc) is 2.38. The number of aryl methyl sites for hydroxylation is 2. The zero-order valence-corrected chi connectivity index (χ0v) is 12.6. The maximum absolute atomic E-state index is 11.9. The Morgan fingerprint density at radius 1 is 1.50 bits per heavy atom. The van der Waals surface area contributed by atoms with Crippen molar-refractivity contribution in [3.8, 4) is 0 Å². The highest BCUT2D eigenvalue weighted by Crippen LogP contribution is 2.29. The molecule has 2 N–H and O–H groups in total. The number of hydrogen-bond donors (Lipinski definition) is 1. The van der Waals surface area contributed by atoms with E-state index in [1.165, 1.54) is 16.8 Å². The zero-order valence-electron chi connectivity index (χ0n) is 12.6. The highest BCUT2D eigenvalue weighted by molar-refractivity contribution is 5.81. The van der Waals surface area contributed by atoms with Gasteiger partial charge in [0.2, 0.25) is 0 Å². The number of rotatable bonds is 4. The molecule has 0 radical (unpaired) electrons. The first-order valence-corrected chi connectivity index (χ1v) is 7.24. The van der Waals surface area contributed by atoms with Gasteiger partial charge in [-0.1, -0.05) is 17.7 Å². The summed E-state index contributed by atoms with van der Waals surface area (Å²) in [5.74, 6) is -0.334. The SMILES string of the molecule is CCOC(=O)C(C)(N)CN1CCCc2cc(C)ccc21. The summed E-state index contributed by atoms with van der Waals surface area (Å²) >= 11 is 0. The van der Waals surface area contributed by atoms with Gasteiger partial charge in [-0.25, -0.2) is 4.79 Å². The minimum absolute atomic E-state index is 0.334. The first-order valence-electron chi connectivity index (χ1n) is 7.24. The lowest BCUT2D eigenvalue weighted by atomic mass is 9.96. The highest BCUT2D eigenvalue weighted by Gasteiger charge is 2.33. The molecule has 110 valence electrons. The molecule has 4 heteroatoms. The quantitative estimate of drug-likeness (QED) is 0.855. The van der Waals surface area contributed by atoms with Crippen LogP contribution in [0.3, 0.4) is 0 Å². The van der Waals surface area contributed by atoms with Gasteiger partial charge in [-0.2, -0.15) is 0 Å². The fraction of sp³-hybridized carbons (Fsp3) is 0.562.